The van der Waals surface area contributed by atoms with Gasteiger partial charge in [0, 0.05) is 36.2 Å². The summed E-state index contributed by atoms with van der Waals surface area (Å²) in [7, 11) is -3.50. The second-order valence-electron chi connectivity index (χ2n) is 13.3. The maximum absolute atomic E-state index is 12.9. The SMILES string of the molecule is CCCCCCCCCCCCCCCCSCC(CNS(=O)(=O)CCC[n+]1cccc2ccccc21)NC(=O)OC(C)(C)C.[I-]. The molecular weight excluding hydrogens is 729 g/mol. The molecule has 10 heteroatoms. The number of nitrogens with one attached hydrogen (secondary N) is 2. The van der Waals surface area contributed by atoms with Crippen LogP contribution in [0.5, 0.6) is 0 Å². The molecule has 0 fully saturated rings. The van der Waals surface area contributed by atoms with Crippen LogP contribution in [0.3, 0.4) is 0 Å². The van der Waals surface area contributed by atoms with Gasteiger partial charge >= 0.3 is 6.09 Å². The highest BCUT2D eigenvalue weighted by molar-refractivity contribution is 7.99. The molecule has 1 aromatic carbocycles. The van der Waals surface area contributed by atoms with Crippen LogP contribution in [0.1, 0.15) is 124 Å². The van der Waals surface area contributed by atoms with Gasteiger partial charge in [0.25, 0.3) is 0 Å². The van der Waals surface area contributed by atoms with Gasteiger partial charge in [0.05, 0.1) is 11.8 Å². The van der Waals surface area contributed by atoms with Crippen molar-refractivity contribution in [2.24, 2.45) is 0 Å². The number of carbonyl (C=O) groups excluding carboxylic acids is 1. The molecule has 1 atom stereocenters. The average molecular weight is 792 g/mol. The third-order valence-corrected chi connectivity index (χ3v) is 10.5. The molecule has 46 heavy (non-hydrogen) atoms. The Morgan fingerprint density at radius 3 is 2.02 bits per heavy atom. The maximum atomic E-state index is 12.9. The van der Waals surface area contributed by atoms with E-state index in [4.69, 9.17) is 4.74 Å². The second kappa shape index (κ2) is 24.9. The van der Waals surface area contributed by atoms with Gasteiger partial charge < -0.3 is 34.0 Å². The number of sulfonamides is 1. The smallest absolute Gasteiger partial charge is 0.407 e. The molecule has 1 heterocycles. The molecule has 0 spiro atoms. The number of aromatic nitrogens is 1. The Bertz CT molecular complexity index is 1190. The molecule has 0 aliphatic heterocycles. The molecule has 0 saturated heterocycles. The standard InChI is InChI=1S/C36H61N3O4S2.HI/c1-5-6-7-8-9-10-11-12-13-14-15-16-17-20-28-44-31-33(38-35(40)43-36(2,3)4)30-37-45(41,42)29-22-27-39-26-21-24-32-23-18-19-25-34(32)39;/h18-19,21,23-26,33,37H,5-17,20,22,27-31H2,1-4H3;1H. The summed E-state index contributed by atoms with van der Waals surface area (Å²) in [6, 6.07) is 11.8. The Morgan fingerprint density at radius 2 is 1.41 bits per heavy atom. The topological polar surface area (TPSA) is 88.4 Å². The molecular formula is C36H62IN3O4S2. The first-order chi connectivity index (χ1) is 21.6. The molecule has 0 saturated carbocycles. The lowest BCUT2D eigenvalue weighted by atomic mass is 10.0. The third kappa shape index (κ3) is 21.0. The predicted octanol–water partition coefficient (Wildman–Crippen LogP) is 5.55. The van der Waals surface area contributed by atoms with Crippen LogP contribution in [0.25, 0.3) is 10.9 Å². The number of nitrogens with zero attached hydrogens (tertiary/aromatic N) is 1. The Balaban J connectivity index is 0.0000106. The van der Waals surface area contributed by atoms with Crippen LogP contribution in [0.2, 0.25) is 0 Å². The maximum Gasteiger partial charge on any atom is 0.407 e. The summed E-state index contributed by atoms with van der Waals surface area (Å²) in [6.45, 7) is 8.49. The van der Waals surface area contributed by atoms with Crippen LogP contribution in [0, 0.1) is 0 Å². The van der Waals surface area contributed by atoms with E-state index in [-0.39, 0.29) is 42.3 Å². The lowest BCUT2D eigenvalue weighted by molar-refractivity contribution is -0.671. The Kier molecular flexibility index (Phi) is 23.3. The van der Waals surface area contributed by atoms with Crippen LogP contribution in [0.4, 0.5) is 4.79 Å². The number of alkyl carbamates (subject to hydrolysis) is 1. The monoisotopic (exact) mass is 791 g/mol. The lowest BCUT2D eigenvalue weighted by Gasteiger charge is -2.24. The zero-order valence-corrected chi connectivity index (χ0v) is 32.8. The summed E-state index contributed by atoms with van der Waals surface area (Å²) in [5, 5.41) is 4.02. The Labute approximate surface area is 302 Å². The molecule has 1 aromatic heterocycles. The van der Waals surface area contributed by atoms with Crippen molar-refractivity contribution in [3.05, 3.63) is 42.6 Å². The van der Waals surface area contributed by atoms with E-state index in [0.29, 0.717) is 18.7 Å². The largest absolute Gasteiger partial charge is 1.00 e. The van der Waals surface area contributed by atoms with Crippen molar-refractivity contribution in [3.63, 3.8) is 0 Å². The highest BCUT2D eigenvalue weighted by Gasteiger charge is 2.21. The molecule has 1 amide bonds. The van der Waals surface area contributed by atoms with Crippen LogP contribution in [0.15, 0.2) is 42.6 Å². The highest BCUT2D eigenvalue weighted by Crippen LogP contribution is 2.15. The third-order valence-electron chi connectivity index (χ3n) is 7.83. The van der Waals surface area contributed by atoms with Crippen LogP contribution in [-0.4, -0.2) is 50.0 Å². The summed E-state index contributed by atoms with van der Waals surface area (Å²) in [5.41, 5.74) is 0.470. The van der Waals surface area contributed by atoms with Gasteiger partial charge in [-0.3, -0.25) is 0 Å². The fraction of sp³-hybridized carbons (Fsp3) is 0.722. The van der Waals surface area contributed by atoms with E-state index in [1.54, 1.807) is 11.8 Å². The number of carbonyl (C=O) groups is 1. The van der Waals surface area contributed by atoms with Crippen molar-refractivity contribution in [3.8, 4) is 0 Å². The zero-order valence-electron chi connectivity index (χ0n) is 29.0. The molecule has 1 unspecified atom stereocenters. The number of halogens is 1. The Morgan fingerprint density at radius 1 is 0.848 bits per heavy atom. The predicted molar refractivity (Wildman–Crippen MR) is 191 cm³/mol. The summed E-state index contributed by atoms with van der Waals surface area (Å²) in [4.78, 5) is 12.5. The first kappa shape index (κ1) is 42.9. The number of pyridine rings is 1. The summed E-state index contributed by atoms with van der Waals surface area (Å²) < 4.78 is 36.0. The number of amides is 1. The fourth-order valence-electron chi connectivity index (χ4n) is 5.39. The minimum Gasteiger partial charge on any atom is -1.00 e. The Hall–Kier alpha value is -1.11. The normalized spacial score (nSPS) is 12.5. The summed E-state index contributed by atoms with van der Waals surface area (Å²) >= 11 is 1.76. The minimum absolute atomic E-state index is 0. The van der Waals surface area contributed by atoms with E-state index in [1.807, 2.05) is 51.2 Å². The van der Waals surface area contributed by atoms with Crippen molar-refractivity contribution in [2.75, 3.05) is 23.8 Å². The summed E-state index contributed by atoms with van der Waals surface area (Å²) in [6.07, 6.45) is 20.7. The number of hydrogen-bond acceptors (Lipinski definition) is 5. The molecule has 0 bridgehead atoms. The lowest BCUT2D eigenvalue weighted by Crippen LogP contribution is -3.00. The minimum atomic E-state index is -3.50. The number of ether oxygens (including phenoxy) is 1. The van der Waals surface area contributed by atoms with Gasteiger partial charge in [-0.2, -0.15) is 16.3 Å². The van der Waals surface area contributed by atoms with Crippen molar-refractivity contribution in [2.45, 2.75) is 142 Å². The van der Waals surface area contributed by atoms with Gasteiger partial charge in [-0.1, -0.05) is 103 Å². The highest BCUT2D eigenvalue weighted by atomic mass is 127. The van der Waals surface area contributed by atoms with E-state index >= 15 is 0 Å². The second-order valence-corrected chi connectivity index (χ2v) is 16.4. The number of fused-ring (bicyclic) bond motifs is 1. The van der Waals surface area contributed by atoms with Gasteiger partial charge in [-0.25, -0.2) is 17.9 Å². The molecule has 2 N–H and O–H groups in total. The number of benzene rings is 1. The van der Waals surface area contributed by atoms with Crippen molar-refractivity contribution in [1.82, 2.24) is 10.0 Å². The molecule has 2 aromatic rings. The number of thioether (sulfide) groups is 1. The number of unbranched alkanes of at least 4 members (excludes halogenated alkanes) is 13. The van der Waals surface area contributed by atoms with E-state index in [9.17, 15) is 13.2 Å². The first-order valence-electron chi connectivity index (χ1n) is 17.5. The van der Waals surface area contributed by atoms with E-state index in [2.05, 4.69) is 33.7 Å². The van der Waals surface area contributed by atoms with Crippen LogP contribution < -0.4 is 38.6 Å². The van der Waals surface area contributed by atoms with E-state index in [1.165, 1.54) is 83.5 Å². The van der Waals surface area contributed by atoms with Crippen LogP contribution in [-0.2, 0) is 21.3 Å². The van der Waals surface area contributed by atoms with Crippen molar-refractivity contribution < 1.29 is 46.5 Å². The number of hydrogen-bond donors (Lipinski definition) is 2. The van der Waals surface area contributed by atoms with E-state index < -0.39 is 21.7 Å². The zero-order chi connectivity index (χ0) is 32.8. The van der Waals surface area contributed by atoms with Gasteiger partial charge in [0.1, 0.15) is 12.1 Å². The van der Waals surface area contributed by atoms with Gasteiger partial charge in [0.15, 0.2) is 6.20 Å². The number of rotatable bonds is 25. The average Bonchev–Trinajstić information content (AvgIpc) is 2.98. The quantitative estimate of drug-likeness (QED) is 0.0784. The van der Waals surface area contributed by atoms with Crippen molar-refractivity contribution in [1.29, 1.82) is 0 Å². The summed E-state index contributed by atoms with van der Waals surface area (Å²) in [5.74, 6) is 1.65. The molecule has 2 rings (SSSR count). The van der Waals surface area contributed by atoms with E-state index in [0.717, 1.165) is 23.1 Å². The fourth-order valence-corrected chi connectivity index (χ4v) is 7.56. The molecule has 264 valence electrons. The molecule has 0 aliphatic carbocycles. The van der Waals surface area contributed by atoms with Crippen LogP contribution >= 0.6 is 11.8 Å². The van der Waals surface area contributed by atoms with Gasteiger partial charge in [-0.15, -0.1) is 0 Å². The molecule has 0 radical (unpaired) electrons. The molecule has 0 aliphatic rings. The van der Waals surface area contributed by atoms with Gasteiger partial charge in [-0.05, 0) is 45.1 Å². The molecule has 7 nitrogen and oxygen atoms in total. The van der Waals surface area contributed by atoms with Gasteiger partial charge in [0.2, 0.25) is 15.5 Å². The van der Waals surface area contributed by atoms with Crippen molar-refractivity contribution >= 4 is 38.8 Å². The number of para-hydroxylation sites is 1. The first-order valence-corrected chi connectivity index (χ1v) is 20.3. The number of aryl methyl sites for hydroxylation is 1.